The van der Waals surface area contributed by atoms with E-state index in [0.29, 0.717) is 17.2 Å². The zero-order valence-electron chi connectivity index (χ0n) is 12.1. The van der Waals surface area contributed by atoms with E-state index in [-0.39, 0.29) is 5.41 Å². The number of pyridine rings is 1. The Morgan fingerprint density at radius 1 is 1.30 bits per heavy atom. The molecule has 2 aromatic rings. The van der Waals surface area contributed by atoms with Crippen molar-refractivity contribution in [2.75, 3.05) is 6.61 Å². The molecule has 1 aromatic heterocycles. The molecule has 0 aliphatic carbocycles. The largest absolute Gasteiger partial charge is 0.492 e. The van der Waals surface area contributed by atoms with Crippen molar-refractivity contribution in [2.24, 2.45) is 11.1 Å². The molecule has 4 heteroatoms. The molecule has 0 atom stereocenters. The monoisotopic (exact) mass is 288 g/mol. The van der Waals surface area contributed by atoms with E-state index in [1.807, 2.05) is 24.3 Å². The summed E-state index contributed by atoms with van der Waals surface area (Å²) < 4.78 is 5.98. The van der Waals surface area contributed by atoms with Gasteiger partial charge in [-0.15, -0.1) is 0 Å². The number of hydrogen-bond acceptors (Lipinski definition) is 3. The highest BCUT2D eigenvalue weighted by Gasteiger charge is 2.14. The van der Waals surface area contributed by atoms with Crippen molar-refractivity contribution in [3.8, 4) is 5.75 Å². The number of para-hydroxylation sites is 1. The number of aromatic nitrogens is 1. The van der Waals surface area contributed by atoms with Crippen molar-refractivity contribution >= 4 is 28.1 Å². The zero-order chi connectivity index (χ0) is 14.8. The molecule has 3 nitrogen and oxygen atoms in total. The van der Waals surface area contributed by atoms with Gasteiger partial charge in [0, 0.05) is 11.6 Å². The topological polar surface area (TPSA) is 48.1 Å². The van der Waals surface area contributed by atoms with E-state index in [4.69, 9.17) is 22.7 Å². The number of hydrogen-bond donors (Lipinski definition) is 1. The molecule has 0 radical (unpaired) electrons. The highest BCUT2D eigenvalue weighted by atomic mass is 32.1. The van der Waals surface area contributed by atoms with Gasteiger partial charge >= 0.3 is 0 Å². The number of rotatable bonds is 4. The highest BCUT2D eigenvalue weighted by Crippen LogP contribution is 2.29. The maximum Gasteiger partial charge on any atom is 0.140 e. The summed E-state index contributed by atoms with van der Waals surface area (Å²) in [5, 5.41) is 0.951. The first-order valence-electron chi connectivity index (χ1n) is 6.69. The third-order valence-electron chi connectivity index (χ3n) is 3.09. The normalized spacial score (nSPS) is 11.6. The molecule has 0 spiro atoms. The van der Waals surface area contributed by atoms with Gasteiger partial charge in [-0.3, -0.25) is 4.98 Å². The molecule has 0 aliphatic rings. The van der Waals surface area contributed by atoms with Crippen molar-refractivity contribution in [3.63, 3.8) is 0 Å². The number of fused-ring (bicyclic) bond motifs is 1. The van der Waals surface area contributed by atoms with Crippen molar-refractivity contribution in [2.45, 2.75) is 27.2 Å². The predicted octanol–water partition coefficient (Wildman–Crippen LogP) is 3.68. The van der Waals surface area contributed by atoms with Crippen LogP contribution in [0.2, 0.25) is 0 Å². The Bertz CT molecular complexity index is 632. The second-order valence-electron chi connectivity index (χ2n) is 6.04. The van der Waals surface area contributed by atoms with Gasteiger partial charge in [-0.2, -0.15) is 0 Å². The average molecular weight is 288 g/mol. The fraction of sp³-hybridized carbons (Fsp3) is 0.375. The number of nitrogens with two attached hydrogens (primary N) is 1. The molecule has 1 heterocycles. The van der Waals surface area contributed by atoms with Gasteiger partial charge in [-0.05, 0) is 24.0 Å². The lowest BCUT2D eigenvalue weighted by molar-refractivity contribution is 0.244. The van der Waals surface area contributed by atoms with E-state index in [9.17, 15) is 0 Å². The Hall–Kier alpha value is -1.68. The average Bonchev–Trinajstić information content (AvgIpc) is 2.37. The Kier molecular flexibility index (Phi) is 4.23. The summed E-state index contributed by atoms with van der Waals surface area (Å²) in [6.07, 6.45) is 2.65. The Morgan fingerprint density at radius 2 is 2.00 bits per heavy atom. The van der Waals surface area contributed by atoms with Crippen LogP contribution in [0.25, 0.3) is 10.9 Å². The zero-order valence-corrected chi connectivity index (χ0v) is 13.0. The van der Waals surface area contributed by atoms with Crippen LogP contribution in [-0.2, 0) is 0 Å². The molecule has 20 heavy (non-hydrogen) atoms. The van der Waals surface area contributed by atoms with E-state index < -0.39 is 0 Å². The van der Waals surface area contributed by atoms with Gasteiger partial charge in [0.05, 0.1) is 17.7 Å². The van der Waals surface area contributed by atoms with E-state index in [1.165, 1.54) is 0 Å². The summed E-state index contributed by atoms with van der Waals surface area (Å²) in [5.74, 6) is 0.743. The van der Waals surface area contributed by atoms with Crippen LogP contribution in [0.5, 0.6) is 5.75 Å². The van der Waals surface area contributed by atoms with Crippen LogP contribution in [0.1, 0.15) is 32.8 Å². The maximum atomic E-state index is 5.98. The summed E-state index contributed by atoms with van der Waals surface area (Å²) >= 11 is 5.09. The second-order valence-corrected chi connectivity index (χ2v) is 6.48. The summed E-state index contributed by atoms with van der Waals surface area (Å²) in [5.41, 5.74) is 7.59. The molecule has 0 bridgehead atoms. The summed E-state index contributed by atoms with van der Waals surface area (Å²) in [4.78, 5) is 4.69. The molecule has 0 fully saturated rings. The van der Waals surface area contributed by atoms with Crippen LogP contribution in [-0.4, -0.2) is 16.6 Å². The quantitative estimate of drug-likeness (QED) is 0.872. The molecule has 0 aliphatic heterocycles. The molecule has 0 amide bonds. The SMILES string of the molecule is CC(C)(C)CCOc1c(C(N)=S)cnc2ccccc12. The van der Waals surface area contributed by atoms with Crippen LogP contribution in [0.15, 0.2) is 30.5 Å². The standard InChI is InChI=1S/C16H20N2OS/c1-16(2,3)8-9-19-14-11-6-4-5-7-13(11)18-10-12(14)15(17)20/h4-7,10H,8-9H2,1-3H3,(H2,17,20). The Balaban J connectivity index is 2.37. The molecule has 0 saturated heterocycles. The van der Waals surface area contributed by atoms with E-state index in [2.05, 4.69) is 25.8 Å². The van der Waals surface area contributed by atoms with Crippen LogP contribution in [0.3, 0.4) is 0 Å². The van der Waals surface area contributed by atoms with Crippen molar-refractivity contribution in [1.82, 2.24) is 4.98 Å². The highest BCUT2D eigenvalue weighted by molar-refractivity contribution is 7.80. The van der Waals surface area contributed by atoms with E-state index >= 15 is 0 Å². The fourth-order valence-electron chi connectivity index (χ4n) is 1.91. The molecule has 0 saturated carbocycles. The summed E-state index contributed by atoms with van der Waals surface area (Å²) in [6.45, 7) is 7.20. The Labute approximate surface area is 125 Å². The van der Waals surface area contributed by atoms with E-state index in [0.717, 1.165) is 23.1 Å². The predicted molar refractivity (Wildman–Crippen MR) is 87.2 cm³/mol. The van der Waals surface area contributed by atoms with Crippen LogP contribution in [0.4, 0.5) is 0 Å². The van der Waals surface area contributed by atoms with Gasteiger partial charge in [-0.25, -0.2) is 0 Å². The summed E-state index contributed by atoms with van der Waals surface area (Å²) in [7, 11) is 0. The smallest absolute Gasteiger partial charge is 0.140 e. The molecular formula is C16H20N2OS. The molecule has 106 valence electrons. The lowest BCUT2D eigenvalue weighted by Gasteiger charge is -2.19. The third kappa shape index (κ3) is 3.45. The summed E-state index contributed by atoms with van der Waals surface area (Å²) in [6, 6.07) is 7.85. The van der Waals surface area contributed by atoms with E-state index in [1.54, 1.807) is 6.20 Å². The molecule has 2 rings (SSSR count). The number of benzene rings is 1. The minimum atomic E-state index is 0.228. The van der Waals surface area contributed by atoms with Crippen LogP contribution in [0, 0.1) is 5.41 Å². The molecule has 1 aromatic carbocycles. The van der Waals surface area contributed by atoms with Crippen LogP contribution < -0.4 is 10.5 Å². The Morgan fingerprint density at radius 3 is 2.65 bits per heavy atom. The number of nitrogens with zero attached hydrogens (tertiary/aromatic N) is 1. The first-order valence-corrected chi connectivity index (χ1v) is 7.10. The maximum absolute atomic E-state index is 5.98. The lowest BCUT2D eigenvalue weighted by atomic mass is 9.93. The van der Waals surface area contributed by atoms with Crippen LogP contribution >= 0.6 is 12.2 Å². The molecule has 2 N–H and O–H groups in total. The van der Waals surface area contributed by atoms with Crippen molar-refractivity contribution in [1.29, 1.82) is 0 Å². The first-order chi connectivity index (χ1) is 9.38. The number of ether oxygens (including phenoxy) is 1. The fourth-order valence-corrected chi connectivity index (χ4v) is 2.05. The minimum Gasteiger partial charge on any atom is -0.492 e. The van der Waals surface area contributed by atoms with Gasteiger partial charge in [-0.1, -0.05) is 45.1 Å². The van der Waals surface area contributed by atoms with Gasteiger partial charge in [0.25, 0.3) is 0 Å². The van der Waals surface area contributed by atoms with Gasteiger partial charge in [0.15, 0.2) is 0 Å². The van der Waals surface area contributed by atoms with Crippen molar-refractivity contribution < 1.29 is 4.74 Å². The lowest BCUT2D eigenvalue weighted by Crippen LogP contribution is -2.15. The molecule has 0 unspecified atom stereocenters. The van der Waals surface area contributed by atoms with Gasteiger partial charge in [0.1, 0.15) is 10.7 Å². The third-order valence-corrected chi connectivity index (χ3v) is 3.31. The second kappa shape index (κ2) is 5.75. The minimum absolute atomic E-state index is 0.228. The van der Waals surface area contributed by atoms with Gasteiger partial charge in [0.2, 0.25) is 0 Å². The molecular weight excluding hydrogens is 268 g/mol. The van der Waals surface area contributed by atoms with Gasteiger partial charge < -0.3 is 10.5 Å². The van der Waals surface area contributed by atoms with Crippen molar-refractivity contribution in [3.05, 3.63) is 36.0 Å². The number of thiocarbonyl (C=S) groups is 1. The first kappa shape index (κ1) is 14.7.